The Balaban J connectivity index is 2.80. The fraction of sp³-hybridized carbons (Fsp3) is 0.300. The fourth-order valence-corrected chi connectivity index (χ4v) is 1.05. The van der Waals surface area contributed by atoms with Gasteiger partial charge in [0.1, 0.15) is 5.84 Å². The van der Waals surface area contributed by atoms with Gasteiger partial charge in [-0.2, -0.15) is 0 Å². The third-order valence-electron chi connectivity index (χ3n) is 1.60. The molecule has 0 aromatic heterocycles. The van der Waals surface area contributed by atoms with E-state index < -0.39 is 0 Å². The second-order valence-electron chi connectivity index (χ2n) is 2.94. The molecular weight excluding hydrogens is 162 g/mol. The maximum Gasteiger partial charge on any atom is 0.142 e. The van der Waals surface area contributed by atoms with Crippen LogP contribution in [0.1, 0.15) is 5.56 Å². The highest BCUT2D eigenvalue weighted by Gasteiger charge is 2.00. The lowest BCUT2D eigenvalue weighted by molar-refractivity contribution is 0.362. The summed E-state index contributed by atoms with van der Waals surface area (Å²) in [6, 6.07) is 10.0. The molecule has 0 aliphatic heterocycles. The van der Waals surface area contributed by atoms with Gasteiger partial charge in [0.2, 0.25) is 0 Å². The van der Waals surface area contributed by atoms with Crippen molar-refractivity contribution in [1.82, 2.24) is 10.4 Å². The predicted molar refractivity (Wildman–Crippen MR) is 55.7 cm³/mol. The van der Waals surface area contributed by atoms with Gasteiger partial charge in [0.25, 0.3) is 0 Å². The van der Waals surface area contributed by atoms with E-state index >= 15 is 0 Å². The van der Waals surface area contributed by atoms with E-state index in [4.69, 9.17) is 0 Å². The number of rotatable bonds is 2. The number of benzene rings is 1. The molecule has 0 saturated heterocycles. The molecule has 1 N–H and O–H groups in total. The van der Waals surface area contributed by atoms with E-state index in [2.05, 4.69) is 10.4 Å². The molecule has 0 unspecified atom stereocenters. The average molecular weight is 177 g/mol. The first-order valence-corrected chi connectivity index (χ1v) is 4.20. The van der Waals surface area contributed by atoms with Gasteiger partial charge in [-0.1, -0.05) is 30.3 Å². The molecule has 3 nitrogen and oxygen atoms in total. The SMILES string of the molecule is CN=C(NN(C)C)c1ccccc1. The van der Waals surface area contributed by atoms with Crippen molar-refractivity contribution < 1.29 is 0 Å². The normalized spacial score (nSPS) is 11.8. The Bertz CT molecular complexity index is 277. The van der Waals surface area contributed by atoms with Gasteiger partial charge in [0.05, 0.1) is 0 Å². The maximum absolute atomic E-state index is 4.16. The number of hydrazine groups is 1. The molecule has 0 fully saturated rings. The number of amidine groups is 1. The third kappa shape index (κ3) is 2.87. The van der Waals surface area contributed by atoms with Crippen molar-refractivity contribution in [1.29, 1.82) is 0 Å². The van der Waals surface area contributed by atoms with Gasteiger partial charge in [0, 0.05) is 26.7 Å². The summed E-state index contributed by atoms with van der Waals surface area (Å²) in [7, 11) is 5.65. The van der Waals surface area contributed by atoms with E-state index in [1.165, 1.54) is 0 Å². The van der Waals surface area contributed by atoms with Crippen molar-refractivity contribution >= 4 is 5.84 Å². The van der Waals surface area contributed by atoms with Crippen LogP contribution in [0.15, 0.2) is 35.3 Å². The Labute approximate surface area is 79.1 Å². The molecule has 0 radical (unpaired) electrons. The molecule has 0 amide bonds. The number of nitrogens with zero attached hydrogens (tertiary/aromatic N) is 2. The summed E-state index contributed by atoms with van der Waals surface area (Å²) in [6.45, 7) is 0. The number of aliphatic imine (C=N–C) groups is 1. The molecule has 1 aromatic rings. The molecule has 0 atom stereocenters. The van der Waals surface area contributed by atoms with E-state index in [9.17, 15) is 0 Å². The first-order chi connectivity index (χ1) is 6.24. The van der Waals surface area contributed by atoms with Crippen LogP contribution in [0, 0.1) is 0 Å². The Morgan fingerprint density at radius 1 is 1.23 bits per heavy atom. The molecule has 70 valence electrons. The lowest BCUT2D eigenvalue weighted by Crippen LogP contribution is -2.36. The molecule has 0 bridgehead atoms. The van der Waals surface area contributed by atoms with Crippen LogP contribution >= 0.6 is 0 Å². The van der Waals surface area contributed by atoms with Crippen LogP contribution in [-0.2, 0) is 0 Å². The lowest BCUT2D eigenvalue weighted by Gasteiger charge is -2.15. The Hall–Kier alpha value is -1.35. The monoisotopic (exact) mass is 177 g/mol. The van der Waals surface area contributed by atoms with Crippen LogP contribution in [-0.4, -0.2) is 32.0 Å². The van der Waals surface area contributed by atoms with Gasteiger partial charge in [-0.3, -0.25) is 4.99 Å². The maximum atomic E-state index is 4.16. The zero-order valence-electron chi connectivity index (χ0n) is 8.28. The van der Waals surface area contributed by atoms with Crippen molar-refractivity contribution in [3.63, 3.8) is 0 Å². The van der Waals surface area contributed by atoms with Gasteiger partial charge >= 0.3 is 0 Å². The molecule has 1 rings (SSSR count). The average Bonchev–Trinajstić information content (AvgIpc) is 2.15. The standard InChI is InChI=1S/C10H15N3/c1-11-10(12-13(2)3)9-7-5-4-6-8-9/h4-8H,1-3H3,(H,11,12). The van der Waals surface area contributed by atoms with Crippen LogP contribution in [0.5, 0.6) is 0 Å². The largest absolute Gasteiger partial charge is 0.303 e. The minimum atomic E-state index is 0.880. The molecule has 0 spiro atoms. The Morgan fingerprint density at radius 3 is 2.31 bits per heavy atom. The zero-order chi connectivity index (χ0) is 9.68. The van der Waals surface area contributed by atoms with Gasteiger partial charge in [-0.25, -0.2) is 5.01 Å². The van der Waals surface area contributed by atoms with Crippen LogP contribution < -0.4 is 5.43 Å². The summed E-state index contributed by atoms with van der Waals surface area (Å²) in [4.78, 5) is 4.16. The summed E-state index contributed by atoms with van der Waals surface area (Å²) in [6.07, 6.45) is 0. The van der Waals surface area contributed by atoms with E-state index in [-0.39, 0.29) is 0 Å². The molecule has 0 aliphatic carbocycles. The van der Waals surface area contributed by atoms with Crippen LogP contribution in [0.25, 0.3) is 0 Å². The van der Waals surface area contributed by atoms with E-state index in [0.717, 1.165) is 11.4 Å². The highest BCUT2D eigenvalue weighted by Crippen LogP contribution is 1.98. The molecule has 0 aliphatic rings. The highest BCUT2D eigenvalue weighted by molar-refractivity contribution is 5.98. The first kappa shape index (κ1) is 9.74. The minimum Gasteiger partial charge on any atom is -0.303 e. The summed E-state index contributed by atoms with van der Waals surface area (Å²) in [5.74, 6) is 0.880. The smallest absolute Gasteiger partial charge is 0.142 e. The van der Waals surface area contributed by atoms with Crippen molar-refractivity contribution in [2.75, 3.05) is 21.1 Å². The van der Waals surface area contributed by atoms with Crippen molar-refractivity contribution in [2.45, 2.75) is 0 Å². The van der Waals surface area contributed by atoms with Crippen LogP contribution in [0.2, 0.25) is 0 Å². The van der Waals surface area contributed by atoms with Crippen molar-refractivity contribution in [3.8, 4) is 0 Å². The van der Waals surface area contributed by atoms with E-state index in [0.29, 0.717) is 0 Å². The Morgan fingerprint density at radius 2 is 1.85 bits per heavy atom. The molecule has 3 heteroatoms. The molecule has 1 aromatic carbocycles. The topological polar surface area (TPSA) is 27.6 Å². The quantitative estimate of drug-likeness (QED) is 0.416. The fourth-order valence-electron chi connectivity index (χ4n) is 1.05. The molecular formula is C10H15N3. The van der Waals surface area contributed by atoms with Gasteiger partial charge in [0.15, 0.2) is 0 Å². The zero-order valence-corrected chi connectivity index (χ0v) is 8.28. The first-order valence-electron chi connectivity index (χ1n) is 4.20. The summed E-state index contributed by atoms with van der Waals surface area (Å²) in [5.41, 5.74) is 4.23. The summed E-state index contributed by atoms with van der Waals surface area (Å²) >= 11 is 0. The second-order valence-corrected chi connectivity index (χ2v) is 2.94. The summed E-state index contributed by atoms with van der Waals surface area (Å²) in [5, 5.41) is 1.87. The highest BCUT2D eigenvalue weighted by atomic mass is 15.5. The lowest BCUT2D eigenvalue weighted by atomic mass is 10.2. The van der Waals surface area contributed by atoms with Gasteiger partial charge < -0.3 is 5.43 Å². The predicted octanol–water partition coefficient (Wildman–Crippen LogP) is 1.13. The molecule has 13 heavy (non-hydrogen) atoms. The van der Waals surface area contributed by atoms with Crippen molar-refractivity contribution in [2.24, 2.45) is 4.99 Å². The summed E-state index contributed by atoms with van der Waals surface area (Å²) < 4.78 is 0. The minimum absolute atomic E-state index is 0.880. The third-order valence-corrected chi connectivity index (χ3v) is 1.60. The number of hydrogen-bond donors (Lipinski definition) is 1. The van der Waals surface area contributed by atoms with Gasteiger partial charge in [-0.05, 0) is 0 Å². The number of nitrogens with one attached hydrogen (secondary N) is 1. The van der Waals surface area contributed by atoms with E-state index in [1.54, 1.807) is 7.05 Å². The van der Waals surface area contributed by atoms with Crippen LogP contribution in [0.4, 0.5) is 0 Å². The number of hydrogen-bond acceptors (Lipinski definition) is 2. The Kier molecular flexibility index (Phi) is 3.46. The van der Waals surface area contributed by atoms with Gasteiger partial charge in [-0.15, -0.1) is 0 Å². The molecule has 0 saturated carbocycles. The molecule has 0 heterocycles. The van der Waals surface area contributed by atoms with Crippen LogP contribution in [0.3, 0.4) is 0 Å². The van der Waals surface area contributed by atoms with Crippen molar-refractivity contribution in [3.05, 3.63) is 35.9 Å². The van der Waals surface area contributed by atoms with E-state index in [1.807, 2.05) is 49.4 Å². The second kappa shape index (κ2) is 4.62.